The number of carbonyl (C=O) groups excluding carboxylic acids is 3. The molecule has 1 fully saturated rings. The minimum atomic E-state index is -1.16. The smallest absolute Gasteiger partial charge is 0.411 e. The van der Waals surface area contributed by atoms with Crippen molar-refractivity contribution in [2.45, 2.75) is 77.7 Å². The van der Waals surface area contributed by atoms with E-state index in [1.807, 2.05) is 0 Å². The predicted octanol–water partition coefficient (Wildman–Crippen LogP) is 2.25. The second kappa shape index (κ2) is 9.32. The Hall–Kier alpha value is -2.52. The van der Waals surface area contributed by atoms with Crippen molar-refractivity contribution in [2.24, 2.45) is 0 Å². The van der Waals surface area contributed by atoms with E-state index in [9.17, 15) is 24.3 Å². The summed E-state index contributed by atoms with van der Waals surface area (Å²) in [7, 11) is 1.17. The summed E-state index contributed by atoms with van der Waals surface area (Å²) < 4.78 is 15.3. The summed E-state index contributed by atoms with van der Waals surface area (Å²) in [4.78, 5) is 50.8. The molecule has 1 aliphatic heterocycles. The number of carboxylic acids is 1. The van der Waals surface area contributed by atoms with Gasteiger partial charge in [0.15, 0.2) is 0 Å². The van der Waals surface area contributed by atoms with Gasteiger partial charge in [-0.25, -0.2) is 14.4 Å². The first-order chi connectivity index (χ1) is 13.1. The quantitative estimate of drug-likeness (QED) is 0.535. The molecule has 10 heteroatoms. The summed E-state index contributed by atoms with van der Waals surface area (Å²) in [5.41, 5.74) is -1.55. The number of hydrogen-bond donors (Lipinski definition) is 1. The number of carbonyl (C=O) groups is 4. The molecule has 0 aromatic carbocycles. The van der Waals surface area contributed by atoms with Crippen molar-refractivity contribution >= 4 is 24.1 Å². The van der Waals surface area contributed by atoms with E-state index < -0.39 is 47.4 Å². The van der Waals surface area contributed by atoms with E-state index in [1.54, 1.807) is 41.5 Å². The van der Waals surface area contributed by atoms with E-state index in [0.29, 0.717) is 6.42 Å². The molecule has 0 aromatic rings. The molecule has 0 aromatic heterocycles. The first-order valence-electron chi connectivity index (χ1n) is 9.43. The normalized spacial score (nSPS) is 19.5. The van der Waals surface area contributed by atoms with Gasteiger partial charge in [-0.3, -0.25) is 14.6 Å². The van der Waals surface area contributed by atoms with Gasteiger partial charge in [0.05, 0.1) is 13.2 Å². The van der Waals surface area contributed by atoms with E-state index in [1.165, 1.54) is 7.11 Å². The van der Waals surface area contributed by atoms with Gasteiger partial charge < -0.3 is 19.3 Å². The van der Waals surface area contributed by atoms with Crippen LogP contribution in [0.2, 0.25) is 0 Å². The van der Waals surface area contributed by atoms with Crippen LogP contribution in [0.25, 0.3) is 0 Å². The fourth-order valence-corrected chi connectivity index (χ4v) is 3.01. The van der Waals surface area contributed by atoms with Crippen LogP contribution in [0.3, 0.4) is 0 Å². The summed E-state index contributed by atoms with van der Waals surface area (Å²) in [5.74, 6) is -1.80. The maximum absolute atomic E-state index is 12.6. The van der Waals surface area contributed by atoms with E-state index in [0.717, 1.165) is 9.80 Å². The van der Waals surface area contributed by atoms with Crippen LogP contribution in [0.15, 0.2) is 0 Å². The molecule has 29 heavy (non-hydrogen) atoms. The molecule has 1 aliphatic rings. The van der Waals surface area contributed by atoms with Gasteiger partial charge >= 0.3 is 24.1 Å². The molecule has 0 aliphatic carbocycles. The van der Waals surface area contributed by atoms with Crippen LogP contribution in [0.5, 0.6) is 0 Å². The average molecular weight is 416 g/mol. The van der Waals surface area contributed by atoms with Crippen molar-refractivity contribution in [2.75, 3.05) is 20.2 Å². The number of aliphatic carboxylic acids is 1. The van der Waals surface area contributed by atoms with Gasteiger partial charge in [-0.1, -0.05) is 0 Å². The van der Waals surface area contributed by atoms with Crippen LogP contribution < -0.4 is 0 Å². The highest BCUT2D eigenvalue weighted by Gasteiger charge is 2.44. The van der Waals surface area contributed by atoms with Crippen LogP contribution in [-0.2, 0) is 23.8 Å². The predicted molar refractivity (Wildman–Crippen MR) is 102 cm³/mol. The Morgan fingerprint density at radius 1 is 1.00 bits per heavy atom. The van der Waals surface area contributed by atoms with Crippen molar-refractivity contribution < 1.29 is 38.5 Å². The molecule has 10 nitrogen and oxygen atoms in total. The highest BCUT2D eigenvalue weighted by atomic mass is 16.6. The van der Waals surface area contributed by atoms with Crippen molar-refractivity contribution in [3.05, 3.63) is 0 Å². The van der Waals surface area contributed by atoms with Crippen LogP contribution >= 0.6 is 0 Å². The molecule has 1 saturated heterocycles. The monoisotopic (exact) mass is 416 g/mol. The molecular weight excluding hydrogens is 384 g/mol. The summed E-state index contributed by atoms with van der Waals surface area (Å²) >= 11 is 0. The number of likely N-dealkylation sites (tertiary alicyclic amines) is 1. The maximum Gasteiger partial charge on any atom is 0.411 e. The maximum atomic E-state index is 12.6. The minimum absolute atomic E-state index is 0.0884. The molecule has 166 valence electrons. The molecule has 0 spiro atoms. The Morgan fingerprint density at radius 3 is 2.00 bits per heavy atom. The Kier molecular flexibility index (Phi) is 7.88. The van der Waals surface area contributed by atoms with E-state index >= 15 is 0 Å². The van der Waals surface area contributed by atoms with Gasteiger partial charge in [0.25, 0.3) is 0 Å². The summed E-state index contributed by atoms with van der Waals surface area (Å²) in [6.07, 6.45) is -1.02. The van der Waals surface area contributed by atoms with Crippen molar-refractivity contribution in [3.63, 3.8) is 0 Å². The van der Waals surface area contributed by atoms with E-state index in [2.05, 4.69) is 0 Å². The summed E-state index contributed by atoms with van der Waals surface area (Å²) in [5, 5.41) is 9.48. The zero-order valence-electron chi connectivity index (χ0n) is 18.2. The molecule has 0 radical (unpaired) electrons. The number of ether oxygens (including phenoxy) is 3. The lowest BCUT2D eigenvalue weighted by atomic mass is 10.2. The molecule has 1 rings (SSSR count). The Bertz CT molecular complexity index is 635. The summed E-state index contributed by atoms with van der Waals surface area (Å²) in [6, 6.07) is -1.72. The molecular formula is C19H32N2O8. The average Bonchev–Trinajstić information content (AvgIpc) is 2.94. The highest BCUT2D eigenvalue weighted by Crippen LogP contribution is 2.28. The van der Waals surface area contributed by atoms with Gasteiger partial charge in [0.1, 0.15) is 23.8 Å². The standard InChI is InChI=1S/C19H32N2O8/c1-18(2,3)28-14(22)11-20(16(25)27-7)10-12-8-9-13(15(23)24)21(12)17(26)29-19(4,5)6/h12-13H,8-11H2,1-7H3,(H,23,24). The molecule has 1 heterocycles. The molecule has 1 N–H and O–H groups in total. The van der Waals surface area contributed by atoms with Crippen molar-refractivity contribution in [3.8, 4) is 0 Å². The molecule has 2 atom stereocenters. The van der Waals surface area contributed by atoms with Crippen molar-refractivity contribution in [1.82, 2.24) is 9.80 Å². The Balaban J connectivity index is 3.02. The molecule has 0 saturated carbocycles. The molecule has 0 bridgehead atoms. The van der Waals surface area contributed by atoms with Crippen LogP contribution in [0.4, 0.5) is 9.59 Å². The number of carboxylic acid groups (broad SMARTS) is 1. The zero-order chi connectivity index (χ0) is 22.6. The van der Waals surface area contributed by atoms with E-state index in [4.69, 9.17) is 14.2 Å². The summed E-state index contributed by atoms with van der Waals surface area (Å²) in [6.45, 7) is 9.65. The van der Waals surface area contributed by atoms with Gasteiger partial charge in [0, 0.05) is 6.54 Å². The number of nitrogens with zero attached hydrogens (tertiary/aromatic N) is 2. The lowest BCUT2D eigenvalue weighted by Crippen LogP contribution is -2.52. The van der Waals surface area contributed by atoms with Crippen LogP contribution in [-0.4, -0.2) is 82.5 Å². The second-order valence-corrected chi connectivity index (χ2v) is 8.91. The molecule has 2 unspecified atom stereocenters. The third-order valence-electron chi connectivity index (χ3n) is 4.00. The first kappa shape index (κ1) is 24.5. The molecule has 2 amide bonds. The third-order valence-corrected chi connectivity index (χ3v) is 4.00. The number of esters is 1. The van der Waals surface area contributed by atoms with Gasteiger partial charge in [0.2, 0.25) is 0 Å². The Morgan fingerprint density at radius 2 is 1.55 bits per heavy atom. The SMILES string of the molecule is COC(=O)N(CC(=O)OC(C)(C)C)CC1CCC(C(=O)O)N1C(=O)OC(C)(C)C. The van der Waals surface area contributed by atoms with Crippen LogP contribution in [0.1, 0.15) is 54.4 Å². The fourth-order valence-electron chi connectivity index (χ4n) is 3.01. The lowest BCUT2D eigenvalue weighted by molar-refractivity contribution is -0.156. The Labute approximate surface area is 171 Å². The topological polar surface area (TPSA) is 123 Å². The van der Waals surface area contributed by atoms with E-state index in [-0.39, 0.29) is 19.5 Å². The number of amides is 2. The first-order valence-corrected chi connectivity index (χ1v) is 9.43. The van der Waals surface area contributed by atoms with Crippen LogP contribution in [0, 0.1) is 0 Å². The minimum Gasteiger partial charge on any atom is -0.480 e. The van der Waals surface area contributed by atoms with Gasteiger partial charge in [-0.05, 0) is 54.4 Å². The fraction of sp³-hybridized carbons (Fsp3) is 0.789. The van der Waals surface area contributed by atoms with Gasteiger partial charge in [-0.15, -0.1) is 0 Å². The number of hydrogen-bond acceptors (Lipinski definition) is 7. The van der Waals surface area contributed by atoms with Crippen molar-refractivity contribution in [1.29, 1.82) is 0 Å². The lowest BCUT2D eigenvalue weighted by Gasteiger charge is -2.33. The second-order valence-electron chi connectivity index (χ2n) is 8.91. The third kappa shape index (κ3) is 7.78. The zero-order valence-corrected chi connectivity index (χ0v) is 18.2. The number of methoxy groups -OCH3 is 1. The van der Waals surface area contributed by atoms with Gasteiger partial charge in [-0.2, -0.15) is 0 Å². The largest absolute Gasteiger partial charge is 0.480 e. The highest BCUT2D eigenvalue weighted by molar-refractivity contribution is 5.81. The number of rotatable bonds is 5.